The average Bonchev–Trinajstić information content (AvgIpc) is 2.54. The number of fused-ring (bicyclic) bond motifs is 1. The van der Waals surface area contributed by atoms with E-state index in [0.29, 0.717) is 6.61 Å². The lowest BCUT2D eigenvalue weighted by molar-refractivity contribution is -0.160. The SMILES string of the molecule is COC[C@@]12CCCO[C@@H]1CCN(C(=O)C1=CCCCC1)C2. The van der Waals surface area contributed by atoms with Crippen molar-refractivity contribution in [2.75, 3.05) is 33.4 Å². The molecule has 3 rings (SSSR count). The van der Waals surface area contributed by atoms with E-state index in [1.807, 2.05) is 0 Å². The van der Waals surface area contributed by atoms with E-state index in [2.05, 4.69) is 11.0 Å². The quantitative estimate of drug-likeness (QED) is 0.802. The number of carbonyl (C=O) groups is 1. The first kappa shape index (κ1) is 15.0. The van der Waals surface area contributed by atoms with E-state index < -0.39 is 0 Å². The molecule has 3 aliphatic rings. The first-order valence-electron chi connectivity index (χ1n) is 8.34. The number of likely N-dealkylation sites (tertiary alicyclic amines) is 1. The van der Waals surface area contributed by atoms with Gasteiger partial charge in [0.2, 0.25) is 5.91 Å². The van der Waals surface area contributed by atoms with Gasteiger partial charge in [0.15, 0.2) is 0 Å². The van der Waals surface area contributed by atoms with Crippen LogP contribution in [0, 0.1) is 5.41 Å². The molecule has 0 aromatic heterocycles. The van der Waals surface area contributed by atoms with Crippen LogP contribution in [0.5, 0.6) is 0 Å². The molecule has 1 amide bonds. The van der Waals surface area contributed by atoms with Gasteiger partial charge < -0.3 is 14.4 Å². The van der Waals surface area contributed by atoms with Crippen LogP contribution >= 0.6 is 0 Å². The Morgan fingerprint density at radius 3 is 3.14 bits per heavy atom. The van der Waals surface area contributed by atoms with Crippen molar-refractivity contribution in [2.24, 2.45) is 5.41 Å². The van der Waals surface area contributed by atoms with Crippen molar-refractivity contribution >= 4 is 5.91 Å². The van der Waals surface area contributed by atoms with Crippen molar-refractivity contribution in [1.29, 1.82) is 0 Å². The Hall–Kier alpha value is -0.870. The molecule has 2 aliphatic heterocycles. The molecule has 4 heteroatoms. The van der Waals surface area contributed by atoms with Gasteiger partial charge in [-0.15, -0.1) is 0 Å². The third-order valence-corrected chi connectivity index (χ3v) is 5.27. The molecule has 0 bridgehead atoms. The van der Waals surface area contributed by atoms with E-state index in [1.165, 1.54) is 6.42 Å². The number of methoxy groups -OCH3 is 1. The predicted octanol–water partition coefficient (Wildman–Crippen LogP) is 2.53. The number of nitrogens with zero attached hydrogens (tertiary/aromatic N) is 1. The topological polar surface area (TPSA) is 38.8 Å². The fourth-order valence-corrected chi connectivity index (χ4v) is 4.20. The molecular formula is C17H27NO3. The zero-order valence-electron chi connectivity index (χ0n) is 13.1. The highest BCUT2D eigenvalue weighted by atomic mass is 16.5. The number of amides is 1. The Morgan fingerprint density at radius 1 is 1.48 bits per heavy atom. The molecule has 0 unspecified atom stereocenters. The first-order chi connectivity index (χ1) is 10.2. The van der Waals surface area contributed by atoms with Gasteiger partial charge in [-0.05, 0) is 44.9 Å². The average molecular weight is 293 g/mol. The Balaban J connectivity index is 1.73. The maximum absolute atomic E-state index is 12.8. The van der Waals surface area contributed by atoms with Gasteiger partial charge in [-0.1, -0.05) is 6.08 Å². The minimum Gasteiger partial charge on any atom is -0.384 e. The Morgan fingerprint density at radius 2 is 2.38 bits per heavy atom. The lowest BCUT2D eigenvalue weighted by Gasteiger charge is -2.50. The highest BCUT2D eigenvalue weighted by Gasteiger charge is 2.47. The van der Waals surface area contributed by atoms with Crippen molar-refractivity contribution in [1.82, 2.24) is 4.90 Å². The van der Waals surface area contributed by atoms with Crippen LogP contribution in [0.1, 0.15) is 44.9 Å². The van der Waals surface area contributed by atoms with Crippen molar-refractivity contribution in [2.45, 2.75) is 51.0 Å². The van der Waals surface area contributed by atoms with E-state index in [1.54, 1.807) is 7.11 Å². The zero-order valence-corrected chi connectivity index (χ0v) is 13.1. The summed E-state index contributed by atoms with van der Waals surface area (Å²) in [6, 6.07) is 0. The smallest absolute Gasteiger partial charge is 0.249 e. The predicted molar refractivity (Wildman–Crippen MR) is 81.0 cm³/mol. The van der Waals surface area contributed by atoms with E-state index in [-0.39, 0.29) is 17.4 Å². The van der Waals surface area contributed by atoms with Crippen molar-refractivity contribution in [3.05, 3.63) is 11.6 Å². The highest BCUT2D eigenvalue weighted by Crippen LogP contribution is 2.40. The molecule has 0 spiro atoms. The number of rotatable bonds is 3. The molecule has 2 fully saturated rings. The van der Waals surface area contributed by atoms with Gasteiger partial charge in [0.05, 0.1) is 12.7 Å². The van der Waals surface area contributed by atoms with Crippen LogP contribution in [0.15, 0.2) is 11.6 Å². The van der Waals surface area contributed by atoms with Gasteiger partial charge >= 0.3 is 0 Å². The normalized spacial score (nSPS) is 33.3. The summed E-state index contributed by atoms with van der Waals surface area (Å²) in [5.74, 6) is 0.259. The van der Waals surface area contributed by atoms with E-state index in [0.717, 1.165) is 63.8 Å². The van der Waals surface area contributed by atoms with E-state index in [9.17, 15) is 4.79 Å². The first-order valence-corrected chi connectivity index (χ1v) is 8.34. The Bertz CT molecular complexity index is 416. The van der Waals surface area contributed by atoms with Crippen LogP contribution < -0.4 is 0 Å². The zero-order chi connectivity index (χ0) is 14.7. The summed E-state index contributed by atoms with van der Waals surface area (Å²) in [6.45, 7) is 3.17. The fraction of sp³-hybridized carbons (Fsp3) is 0.824. The number of ether oxygens (including phenoxy) is 2. The number of carbonyl (C=O) groups excluding carboxylic acids is 1. The molecule has 0 N–H and O–H groups in total. The van der Waals surface area contributed by atoms with E-state index in [4.69, 9.17) is 9.47 Å². The van der Waals surface area contributed by atoms with E-state index >= 15 is 0 Å². The number of hydrogen-bond donors (Lipinski definition) is 0. The van der Waals surface area contributed by atoms with Gasteiger partial charge in [-0.2, -0.15) is 0 Å². The van der Waals surface area contributed by atoms with Gasteiger partial charge in [0, 0.05) is 37.8 Å². The summed E-state index contributed by atoms with van der Waals surface area (Å²) in [4.78, 5) is 14.8. The number of allylic oxidation sites excluding steroid dienone is 1. The summed E-state index contributed by atoms with van der Waals surface area (Å²) in [5.41, 5.74) is 1.04. The molecule has 21 heavy (non-hydrogen) atoms. The van der Waals surface area contributed by atoms with Gasteiger partial charge in [0.25, 0.3) is 0 Å². The minimum atomic E-state index is 0.0101. The molecule has 0 aromatic carbocycles. The third-order valence-electron chi connectivity index (χ3n) is 5.27. The fourth-order valence-electron chi connectivity index (χ4n) is 4.20. The molecule has 1 aliphatic carbocycles. The molecule has 2 saturated heterocycles. The molecule has 0 radical (unpaired) electrons. The van der Waals surface area contributed by atoms with Gasteiger partial charge in [-0.25, -0.2) is 0 Å². The van der Waals surface area contributed by atoms with Crippen LogP contribution in [0.3, 0.4) is 0 Å². The second-order valence-electron chi connectivity index (χ2n) is 6.75. The van der Waals surface area contributed by atoms with Crippen molar-refractivity contribution in [3.8, 4) is 0 Å². The Kier molecular flexibility index (Phi) is 4.65. The van der Waals surface area contributed by atoms with Crippen molar-refractivity contribution < 1.29 is 14.3 Å². The summed E-state index contributed by atoms with van der Waals surface area (Å²) >= 11 is 0. The van der Waals surface area contributed by atoms with Crippen LogP contribution in [-0.2, 0) is 14.3 Å². The van der Waals surface area contributed by atoms with Crippen LogP contribution in [0.4, 0.5) is 0 Å². The third kappa shape index (κ3) is 3.02. The van der Waals surface area contributed by atoms with Gasteiger partial charge in [0.1, 0.15) is 0 Å². The maximum Gasteiger partial charge on any atom is 0.249 e. The summed E-state index contributed by atoms with van der Waals surface area (Å²) in [7, 11) is 1.75. The molecule has 2 heterocycles. The molecule has 2 atom stereocenters. The van der Waals surface area contributed by atoms with Crippen molar-refractivity contribution in [3.63, 3.8) is 0 Å². The Labute approximate surface area is 127 Å². The van der Waals surface area contributed by atoms with Crippen LogP contribution in [0.25, 0.3) is 0 Å². The highest BCUT2D eigenvalue weighted by molar-refractivity contribution is 5.93. The number of piperidine rings is 1. The summed E-state index contributed by atoms with van der Waals surface area (Å²) in [6.07, 6.45) is 9.92. The molecule has 118 valence electrons. The van der Waals surface area contributed by atoms with Crippen LogP contribution in [-0.4, -0.2) is 50.3 Å². The summed E-state index contributed by atoms with van der Waals surface area (Å²) in [5, 5.41) is 0. The standard InChI is InChI=1S/C17H27NO3/c1-20-13-17-9-5-11-21-15(17)8-10-18(12-17)16(19)14-6-3-2-4-7-14/h6,15H,2-5,7-13H2,1H3/t15-,17+/m1/s1. The molecule has 0 aromatic rings. The summed E-state index contributed by atoms with van der Waals surface area (Å²) < 4.78 is 11.5. The molecule has 4 nitrogen and oxygen atoms in total. The lowest BCUT2D eigenvalue weighted by Crippen LogP contribution is -2.58. The second kappa shape index (κ2) is 6.49. The molecule has 0 saturated carbocycles. The monoisotopic (exact) mass is 293 g/mol. The maximum atomic E-state index is 12.8. The second-order valence-corrected chi connectivity index (χ2v) is 6.75. The van der Waals surface area contributed by atoms with Crippen LogP contribution in [0.2, 0.25) is 0 Å². The number of hydrogen-bond acceptors (Lipinski definition) is 3. The lowest BCUT2D eigenvalue weighted by atomic mass is 9.73. The molecular weight excluding hydrogens is 266 g/mol. The van der Waals surface area contributed by atoms with Gasteiger partial charge in [-0.3, -0.25) is 4.79 Å². The largest absolute Gasteiger partial charge is 0.384 e. The minimum absolute atomic E-state index is 0.0101.